The number of anilines is 3. The number of hydrogen-bond acceptors (Lipinski definition) is 2. The van der Waals surface area contributed by atoms with Gasteiger partial charge < -0.3 is 13.9 Å². The molecule has 0 amide bonds. The molecule has 324 valence electrons. The molecule has 0 bridgehead atoms. The van der Waals surface area contributed by atoms with E-state index in [1.54, 1.807) is 0 Å². The van der Waals surface area contributed by atoms with Gasteiger partial charge in [0, 0.05) is 44.2 Å². The Balaban J connectivity index is 0.869. The van der Waals surface area contributed by atoms with Crippen molar-refractivity contribution in [2.75, 3.05) is 4.90 Å². The van der Waals surface area contributed by atoms with Crippen LogP contribution >= 0.6 is 0 Å². The minimum absolute atomic E-state index is 0.906. The van der Waals surface area contributed by atoms with E-state index in [1.807, 2.05) is 12.1 Å². The zero-order valence-electron chi connectivity index (χ0n) is 37.7. The van der Waals surface area contributed by atoms with Gasteiger partial charge >= 0.3 is 0 Å². The molecule has 13 rings (SSSR count). The van der Waals surface area contributed by atoms with Crippen molar-refractivity contribution in [3.8, 4) is 61.3 Å². The fourth-order valence-electron chi connectivity index (χ4n) is 10.3. The molecule has 0 atom stereocenters. The van der Waals surface area contributed by atoms with E-state index in [-0.39, 0.29) is 0 Å². The van der Waals surface area contributed by atoms with Crippen molar-refractivity contribution in [1.82, 2.24) is 4.57 Å². The van der Waals surface area contributed by atoms with E-state index in [1.165, 1.54) is 38.5 Å². The SMILES string of the molecule is c1ccc(-c2ccc(-c3ccccc3N(c3ccc(-c4ccc(-c5cccc6oc7ccccc7c56)cc4)cc3)c3ccc(-c4cccc(-n5c6ccccc6c6ccccc65)c4)cc3)cc2)cc1. The zero-order valence-corrected chi connectivity index (χ0v) is 37.7. The monoisotopic (exact) mass is 880 g/mol. The minimum Gasteiger partial charge on any atom is -0.456 e. The standard InChI is InChI=1S/C66H44N2O/c1-2-14-45(15-3-1)46-28-32-50(33-29-46)56-18-4-8-23-61(56)67(53-40-36-48(37-41-53)47-30-34-51(35-31-47)57-22-13-27-65-66(57)60-21-7-11-26-64(60)69-65)54-42-38-49(39-43-54)52-16-12-17-55(44-52)68-62-24-9-5-19-58(62)59-20-6-10-25-63(59)68/h1-44H. The number of para-hydroxylation sites is 4. The molecular weight excluding hydrogens is 837 g/mol. The topological polar surface area (TPSA) is 21.3 Å². The zero-order chi connectivity index (χ0) is 45.7. The third-order valence-corrected chi connectivity index (χ3v) is 13.6. The molecular formula is C66H44N2O. The van der Waals surface area contributed by atoms with Crippen molar-refractivity contribution in [2.24, 2.45) is 0 Å². The van der Waals surface area contributed by atoms with Crippen LogP contribution in [0.4, 0.5) is 17.1 Å². The van der Waals surface area contributed by atoms with Crippen molar-refractivity contribution >= 4 is 60.8 Å². The molecule has 0 saturated carbocycles. The van der Waals surface area contributed by atoms with Crippen LogP contribution in [0.5, 0.6) is 0 Å². The Morgan fingerprint density at radius 3 is 1.38 bits per heavy atom. The molecule has 3 heteroatoms. The maximum Gasteiger partial charge on any atom is 0.136 e. The number of benzene rings is 11. The summed E-state index contributed by atoms with van der Waals surface area (Å²) in [6, 6.07) is 96.1. The summed E-state index contributed by atoms with van der Waals surface area (Å²) in [7, 11) is 0. The molecule has 2 heterocycles. The number of nitrogens with zero attached hydrogens (tertiary/aromatic N) is 2. The molecule has 13 aromatic rings. The maximum atomic E-state index is 6.22. The molecule has 3 nitrogen and oxygen atoms in total. The Morgan fingerprint density at radius 2 is 0.725 bits per heavy atom. The Labute approximate surface area is 401 Å². The molecule has 0 aliphatic heterocycles. The summed E-state index contributed by atoms with van der Waals surface area (Å²) in [5.41, 5.74) is 20.3. The van der Waals surface area contributed by atoms with Crippen LogP contribution in [0.1, 0.15) is 0 Å². The van der Waals surface area contributed by atoms with Crippen LogP contribution in [-0.2, 0) is 0 Å². The highest BCUT2D eigenvalue weighted by atomic mass is 16.3. The molecule has 0 unspecified atom stereocenters. The third-order valence-electron chi connectivity index (χ3n) is 13.6. The van der Waals surface area contributed by atoms with E-state index in [2.05, 4.69) is 264 Å². The Morgan fingerprint density at radius 1 is 0.290 bits per heavy atom. The summed E-state index contributed by atoms with van der Waals surface area (Å²) < 4.78 is 8.60. The van der Waals surface area contributed by atoms with Crippen molar-refractivity contribution < 1.29 is 4.42 Å². The summed E-state index contributed by atoms with van der Waals surface area (Å²) in [4.78, 5) is 2.39. The molecule has 0 saturated heterocycles. The minimum atomic E-state index is 0.906. The lowest BCUT2D eigenvalue weighted by Crippen LogP contribution is -2.11. The maximum absolute atomic E-state index is 6.22. The highest BCUT2D eigenvalue weighted by Crippen LogP contribution is 2.43. The molecule has 69 heavy (non-hydrogen) atoms. The summed E-state index contributed by atoms with van der Waals surface area (Å²) in [6.07, 6.45) is 0. The highest BCUT2D eigenvalue weighted by Gasteiger charge is 2.19. The quantitative estimate of drug-likeness (QED) is 0.144. The first-order valence-electron chi connectivity index (χ1n) is 23.6. The van der Waals surface area contributed by atoms with Crippen molar-refractivity contribution in [3.05, 3.63) is 267 Å². The van der Waals surface area contributed by atoms with Gasteiger partial charge in [-0.15, -0.1) is 0 Å². The van der Waals surface area contributed by atoms with E-state index in [0.717, 1.165) is 83.6 Å². The largest absolute Gasteiger partial charge is 0.456 e. The Bertz CT molecular complexity index is 3920. The average Bonchev–Trinajstić information content (AvgIpc) is 3.98. The van der Waals surface area contributed by atoms with Gasteiger partial charge in [0.05, 0.1) is 16.7 Å². The second-order valence-corrected chi connectivity index (χ2v) is 17.7. The number of fused-ring (bicyclic) bond motifs is 6. The van der Waals surface area contributed by atoms with Crippen LogP contribution in [-0.4, -0.2) is 4.57 Å². The van der Waals surface area contributed by atoms with Gasteiger partial charge in [-0.05, 0) is 117 Å². The lowest BCUT2D eigenvalue weighted by atomic mass is 9.96. The van der Waals surface area contributed by atoms with E-state index in [0.29, 0.717) is 0 Å². The first-order valence-corrected chi connectivity index (χ1v) is 23.6. The lowest BCUT2D eigenvalue weighted by Gasteiger charge is -2.28. The molecule has 0 radical (unpaired) electrons. The number of aromatic nitrogens is 1. The first kappa shape index (κ1) is 40.1. The number of hydrogen-bond donors (Lipinski definition) is 0. The summed E-state index contributed by atoms with van der Waals surface area (Å²) in [5, 5.41) is 4.81. The van der Waals surface area contributed by atoms with Gasteiger partial charge in [-0.3, -0.25) is 0 Å². The Hall–Kier alpha value is -9.18. The normalized spacial score (nSPS) is 11.5. The smallest absolute Gasteiger partial charge is 0.136 e. The number of rotatable bonds is 9. The van der Waals surface area contributed by atoms with Gasteiger partial charge in [-0.1, -0.05) is 200 Å². The van der Waals surface area contributed by atoms with Gasteiger partial charge in [0.2, 0.25) is 0 Å². The van der Waals surface area contributed by atoms with Gasteiger partial charge in [-0.2, -0.15) is 0 Å². The summed E-state index contributed by atoms with van der Waals surface area (Å²) in [5.74, 6) is 0. The van der Waals surface area contributed by atoms with E-state index in [9.17, 15) is 0 Å². The van der Waals surface area contributed by atoms with Crippen molar-refractivity contribution in [2.45, 2.75) is 0 Å². The molecule has 0 fully saturated rings. The van der Waals surface area contributed by atoms with Gasteiger partial charge in [-0.25, -0.2) is 0 Å². The van der Waals surface area contributed by atoms with Gasteiger partial charge in [0.15, 0.2) is 0 Å². The molecule has 11 aromatic carbocycles. The predicted octanol–water partition coefficient (Wildman–Crippen LogP) is 18.5. The van der Waals surface area contributed by atoms with Crippen LogP contribution in [0.3, 0.4) is 0 Å². The summed E-state index contributed by atoms with van der Waals surface area (Å²) >= 11 is 0. The van der Waals surface area contributed by atoms with E-state index >= 15 is 0 Å². The fraction of sp³-hybridized carbons (Fsp3) is 0. The second-order valence-electron chi connectivity index (χ2n) is 17.7. The highest BCUT2D eigenvalue weighted by molar-refractivity contribution is 6.12. The second kappa shape index (κ2) is 16.9. The van der Waals surface area contributed by atoms with Crippen LogP contribution < -0.4 is 4.90 Å². The van der Waals surface area contributed by atoms with Gasteiger partial charge in [0.1, 0.15) is 11.2 Å². The molecule has 2 aromatic heterocycles. The van der Waals surface area contributed by atoms with Crippen LogP contribution in [0.25, 0.3) is 105 Å². The third kappa shape index (κ3) is 7.16. The number of furan rings is 1. The van der Waals surface area contributed by atoms with Crippen molar-refractivity contribution in [1.29, 1.82) is 0 Å². The molecule has 0 aliphatic carbocycles. The van der Waals surface area contributed by atoms with Gasteiger partial charge in [0.25, 0.3) is 0 Å². The Kier molecular flexibility index (Phi) is 9.84. The first-order chi connectivity index (χ1) is 34.2. The average molecular weight is 881 g/mol. The molecule has 0 spiro atoms. The fourth-order valence-corrected chi connectivity index (χ4v) is 10.3. The van der Waals surface area contributed by atoms with E-state index in [4.69, 9.17) is 4.42 Å². The van der Waals surface area contributed by atoms with Crippen molar-refractivity contribution in [3.63, 3.8) is 0 Å². The van der Waals surface area contributed by atoms with Crippen LogP contribution in [0.2, 0.25) is 0 Å². The van der Waals surface area contributed by atoms with E-state index < -0.39 is 0 Å². The molecule has 0 aliphatic rings. The predicted molar refractivity (Wildman–Crippen MR) is 290 cm³/mol. The van der Waals surface area contributed by atoms with Crippen LogP contribution in [0, 0.1) is 0 Å². The summed E-state index contributed by atoms with van der Waals surface area (Å²) in [6.45, 7) is 0. The molecule has 0 N–H and O–H groups in total. The lowest BCUT2D eigenvalue weighted by molar-refractivity contribution is 0.669. The van der Waals surface area contributed by atoms with Crippen LogP contribution in [0.15, 0.2) is 271 Å².